The van der Waals surface area contributed by atoms with Gasteiger partial charge in [0.1, 0.15) is 0 Å². The van der Waals surface area contributed by atoms with Crippen LogP contribution < -0.4 is 10.6 Å². The molecule has 3 rings (SSSR count). The molecule has 7 heteroatoms. The van der Waals surface area contributed by atoms with E-state index in [0.717, 1.165) is 44.1 Å². The summed E-state index contributed by atoms with van der Waals surface area (Å²) >= 11 is 0. The average Bonchev–Trinajstić information content (AvgIpc) is 2.76. The second-order valence-corrected chi connectivity index (χ2v) is 8.05. The zero-order valence-electron chi connectivity index (χ0n) is 17.6. The Balaban J connectivity index is 1.42. The number of rotatable bonds is 3. The second kappa shape index (κ2) is 10.7. The number of piperidine rings is 1. The van der Waals surface area contributed by atoms with Crippen molar-refractivity contribution in [1.29, 1.82) is 0 Å². The highest BCUT2D eigenvalue weighted by Crippen LogP contribution is 2.29. The Hall–Kier alpha value is -2.20. The highest BCUT2D eigenvalue weighted by molar-refractivity contribution is 5.80. The van der Waals surface area contributed by atoms with E-state index in [9.17, 15) is 13.2 Å². The second-order valence-electron chi connectivity index (χ2n) is 8.05. The number of alkyl halides is 3. The SMILES string of the molecule is CN=C(NCC#Cc1cccc(C(F)(F)F)c1)NC1CCN(C2CCCCC2)CC1. The lowest BCUT2D eigenvalue weighted by Crippen LogP contribution is -2.51. The van der Waals surface area contributed by atoms with E-state index in [1.165, 1.54) is 38.2 Å². The van der Waals surface area contributed by atoms with Crippen LogP contribution in [-0.4, -0.2) is 49.6 Å². The van der Waals surface area contributed by atoms with Gasteiger partial charge in [0.25, 0.3) is 0 Å². The Morgan fingerprint density at radius 2 is 1.87 bits per heavy atom. The maximum atomic E-state index is 12.8. The van der Waals surface area contributed by atoms with Gasteiger partial charge >= 0.3 is 6.18 Å². The van der Waals surface area contributed by atoms with Gasteiger partial charge in [-0.15, -0.1) is 0 Å². The van der Waals surface area contributed by atoms with Crippen LogP contribution in [0.3, 0.4) is 0 Å². The van der Waals surface area contributed by atoms with E-state index in [4.69, 9.17) is 0 Å². The summed E-state index contributed by atoms with van der Waals surface area (Å²) in [7, 11) is 1.72. The first-order valence-corrected chi connectivity index (χ1v) is 10.8. The Labute approximate surface area is 177 Å². The molecule has 1 heterocycles. The standard InChI is InChI=1S/C23H31F3N4/c1-27-22(28-14-6-8-18-7-5-9-19(17-18)23(24,25)26)29-20-12-15-30(16-13-20)21-10-3-2-4-11-21/h5,7,9,17,20-21H,2-4,10-16H2,1H3,(H2,27,28,29). The lowest BCUT2D eigenvalue weighted by Gasteiger charge is -2.39. The first-order valence-electron chi connectivity index (χ1n) is 10.8. The minimum Gasteiger partial charge on any atom is -0.354 e. The van der Waals surface area contributed by atoms with Crippen molar-refractivity contribution in [2.45, 2.75) is 63.2 Å². The monoisotopic (exact) mass is 420 g/mol. The predicted octanol–water partition coefficient (Wildman–Crippen LogP) is 4.02. The topological polar surface area (TPSA) is 39.7 Å². The molecule has 1 aromatic carbocycles. The number of nitrogens with one attached hydrogen (secondary N) is 2. The van der Waals surface area contributed by atoms with Crippen LogP contribution in [0.25, 0.3) is 0 Å². The summed E-state index contributed by atoms with van der Waals surface area (Å²) in [6, 6.07) is 6.22. The summed E-state index contributed by atoms with van der Waals surface area (Å²) < 4.78 is 38.3. The number of nitrogens with zero attached hydrogens (tertiary/aromatic N) is 2. The molecule has 0 aromatic heterocycles. The minimum absolute atomic E-state index is 0.316. The minimum atomic E-state index is -4.35. The van der Waals surface area contributed by atoms with E-state index in [1.54, 1.807) is 13.1 Å². The molecule has 0 spiro atoms. The zero-order valence-corrected chi connectivity index (χ0v) is 17.6. The summed E-state index contributed by atoms with van der Waals surface area (Å²) in [5.41, 5.74) is -0.330. The summed E-state index contributed by atoms with van der Waals surface area (Å²) in [5, 5.41) is 6.59. The Kier molecular flexibility index (Phi) is 8.03. The molecule has 2 aliphatic rings. The van der Waals surface area contributed by atoms with Crippen molar-refractivity contribution in [2.75, 3.05) is 26.7 Å². The van der Waals surface area contributed by atoms with E-state index in [-0.39, 0.29) is 0 Å². The first-order chi connectivity index (χ1) is 14.5. The molecule has 2 fully saturated rings. The third-order valence-corrected chi connectivity index (χ3v) is 5.95. The zero-order chi connectivity index (χ0) is 21.4. The molecule has 1 saturated carbocycles. The van der Waals surface area contributed by atoms with E-state index >= 15 is 0 Å². The lowest BCUT2D eigenvalue weighted by atomic mass is 9.92. The highest BCUT2D eigenvalue weighted by atomic mass is 19.4. The fourth-order valence-electron chi connectivity index (χ4n) is 4.29. The predicted molar refractivity (Wildman–Crippen MR) is 114 cm³/mol. The molecule has 1 aromatic rings. The van der Waals surface area contributed by atoms with Crippen LogP contribution in [0.5, 0.6) is 0 Å². The normalized spacial score (nSPS) is 19.8. The number of benzene rings is 1. The van der Waals surface area contributed by atoms with Gasteiger partial charge in [-0.25, -0.2) is 0 Å². The van der Waals surface area contributed by atoms with E-state index in [2.05, 4.69) is 32.4 Å². The van der Waals surface area contributed by atoms with Gasteiger partial charge in [-0.2, -0.15) is 13.2 Å². The van der Waals surface area contributed by atoms with Crippen molar-refractivity contribution in [3.8, 4) is 11.8 Å². The van der Waals surface area contributed by atoms with Gasteiger partial charge in [0.05, 0.1) is 12.1 Å². The largest absolute Gasteiger partial charge is 0.416 e. The van der Waals surface area contributed by atoms with Crippen molar-refractivity contribution in [1.82, 2.24) is 15.5 Å². The van der Waals surface area contributed by atoms with Crippen LogP contribution in [-0.2, 0) is 6.18 Å². The summed E-state index contributed by atoms with van der Waals surface area (Å²) in [5.74, 6) is 6.34. The number of hydrogen-bond acceptors (Lipinski definition) is 2. The fourth-order valence-corrected chi connectivity index (χ4v) is 4.29. The van der Waals surface area contributed by atoms with Crippen molar-refractivity contribution in [3.63, 3.8) is 0 Å². The summed E-state index contributed by atoms with van der Waals surface area (Å²) in [4.78, 5) is 6.89. The van der Waals surface area contributed by atoms with Crippen molar-refractivity contribution < 1.29 is 13.2 Å². The smallest absolute Gasteiger partial charge is 0.354 e. The Morgan fingerprint density at radius 3 is 2.53 bits per heavy atom. The molecule has 0 unspecified atom stereocenters. The van der Waals surface area contributed by atoms with E-state index < -0.39 is 11.7 Å². The molecule has 164 valence electrons. The molecular weight excluding hydrogens is 389 g/mol. The summed E-state index contributed by atoms with van der Waals surface area (Å²) in [6.07, 6.45) is 4.61. The van der Waals surface area contributed by atoms with Gasteiger partial charge in [-0.3, -0.25) is 4.99 Å². The van der Waals surface area contributed by atoms with Crippen LogP contribution >= 0.6 is 0 Å². The third kappa shape index (κ3) is 6.66. The Bertz CT molecular complexity index is 765. The molecule has 4 nitrogen and oxygen atoms in total. The van der Waals surface area contributed by atoms with Crippen LogP contribution in [0.2, 0.25) is 0 Å². The van der Waals surface area contributed by atoms with Gasteiger partial charge in [0, 0.05) is 37.8 Å². The van der Waals surface area contributed by atoms with Gasteiger partial charge in [-0.1, -0.05) is 37.2 Å². The van der Waals surface area contributed by atoms with Crippen LogP contribution in [0, 0.1) is 11.8 Å². The van der Waals surface area contributed by atoms with Crippen LogP contribution in [0.4, 0.5) is 13.2 Å². The van der Waals surface area contributed by atoms with Gasteiger partial charge < -0.3 is 15.5 Å². The number of halogens is 3. The molecule has 1 aliphatic heterocycles. The number of hydrogen-bond donors (Lipinski definition) is 2. The average molecular weight is 421 g/mol. The molecule has 1 saturated heterocycles. The molecule has 0 bridgehead atoms. The fraction of sp³-hybridized carbons (Fsp3) is 0.609. The molecule has 0 radical (unpaired) electrons. The Morgan fingerprint density at radius 1 is 1.13 bits per heavy atom. The number of aliphatic imine (C=N–C) groups is 1. The van der Waals surface area contributed by atoms with Gasteiger partial charge in [-0.05, 0) is 43.9 Å². The maximum absolute atomic E-state index is 12.8. The number of guanidine groups is 1. The van der Waals surface area contributed by atoms with Gasteiger partial charge in [0.15, 0.2) is 5.96 Å². The maximum Gasteiger partial charge on any atom is 0.416 e. The highest BCUT2D eigenvalue weighted by Gasteiger charge is 2.30. The van der Waals surface area contributed by atoms with Crippen molar-refractivity contribution in [2.24, 2.45) is 4.99 Å². The third-order valence-electron chi connectivity index (χ3n) is 5.95. The molecule has 30 heavy (non-hydrogen) atoms. The van der Waals surface area contributed by atoms with Crippen LogP contribution in [0.1, 0.15) is 56.1 Å². The molecule has 0 atom stereocenters. The summed E-state index contributed by atoms with van der Waals surface area (Å²) in [6.45, 7) is 2.56. The molecule has 0 amide bonds. The lowest BCUT2D eigenvalue weighted by molar-refractivity contribution is -0.137. The van der Waals surface area contributed by atoms with Crippen molar-refractivity contribution >= 4 is 5.96 Å². The molecule has 2 N–H and O–H groups in total. The molecular formula is C23H31F3N4. The van der Waals surface area contributed by atoms with Gasteiger partial charge in [0.2, 0.25) is 0 Å². The van der Waals surface area contributed by atoms with E-state index in [0.29, 0.717) is 24.1 Å². The molecule has 1 aliphatic carbocycles. The number of likely N-dealkylation sites (tertiary alicyclic amines) is 1. The van der Waals surface area contributed by atoms with Crippen LogP contribution in [0.15, 0.2) is 29.3 Å². The first kappa shape index (κ1) is 22.5. The quantitative estimate of drug-likeness (QED) is 0.441. The van der Waals surface area contributed by atoms with Crippen molar-refractivity contribution in [3.05, 3.63) is 35.4 Å². The van der Waals surface area contributed by atoms with E-state index in [1.807, 2.05) is 0 Å².